The molecule has 1 fully saturated rings. The molecule has 0 atom stereocenters. The summed E-state index contributed by atoms with van der Waals surface area (Å²) in [5.41, 5.74) is 1.58. The van der Waals surface area contributed by atoms with E-state index >= 15 is 0 Å². The van der Waals surface area contributed by atoms with Gasteiger partial charge in [-0.3, -0.25) is 9.59 Å². The van der Waals surface area contributed by atoms with E-state index in [1.807, 2.05) is 36.4 Å². The minimum atomic E-state index is -0.324. The highest BCUT2D eigenvalue weighted by Gasteiger charge is 2.22. The number of nitrogens with zero attached hydrogens (tertiary/aromatic N) is 1. The number of carbonyl (C=O) groups excluding carboxylic acids is 2. The quantitative estimate of drug-likeness (QED) is 0.781. The van der Waals surface area contributed by atoms with E-state index in [-0.39, 0.29) is 17.5 Å². The SMILES string of the molecule is O=C(N/C(=C/c1ccccc1)C(=O)N1CCOCC1)c1cccc(Br)c1. The zero-order valence-corrected chi connectivity index (χ0v) is 15.7. The first kappa shape index (κ1) is 18.4. The van der Waals surface area contributed by atoms with Crippen LogP contribution >= 0.6 is 15.9 Å². The fourth-order valence-corrected chi connectivity index (χ4v) is 3.03. The van der Waals surface area contributed by atoms with Crippen molar-refractivity contribution in [3.05, 3.63) is 75.9 Å². The Morgan fingerprint density at radius 1 is 1.04 bits per heavy atom. The minimum Gasteiger partial charge on any atom is -0.378 e. The lowest BCUT2D eigenvalue weighted by molar-refractivity contribution is -0.131. The molecule has 0 unspecified atom stereocenters. The van der Waals surface area contributed by atoms with Crippen LogP contribution in [0, 0.1) is 0 Å². The molecule has 6 heteroatoms. The molecule has 0 bridgehead atoms. The van der Waals surface area contributed by atoms with E-state index in [0.717, 1.165) is 10.0 Å². The summed E-state index contributed by atoms with van der Waals surface area (Å²) >= 11 is 3.36. The van der Waals surface area contributed by atoms with Crippen molar-refractivity contribution in [3.8, 4) is 0 Å². The van der Waals surface area contributed by atoms with Gasteiger partial charge in [0, 0.05) is 23.1 Å². The summed E-state index contributed by atoms with van der Waals surface area (Å²) in [6.07, 6.45) is 1.70. The lowest BCUT2D eigenvalue weighted by atomic mass is 10.1. The second kappa shape index (κ2) is 8.78. The Balaban J connectivity index is 1.86. The van der Waals surface area contributed by atoms with Gasteiger partial charge in [0.05, 0.1) is 13.2 Å². The first-order valence-electron chi connectivity index (χ1n) is 8.34. The maximum absolute atomic E-state index is 12.9. The van der Waals surface area contributed by atoms with Crippen LogP contribution in [-0.2, 0) is 9.53 Å². The summed E-state index contributed by atoms with van der Waals surface area (Å²) in [7, 11) is 0. The highest BCUT2D eigenvalue weighted by Crippen LogP contribution is 2.14. The molecular formula is C20H19BrN2O3. The van der Waals surface area contributed by atoms with Crippen molar-refractivity contribution >= 4 is 33.8 Å². The van der Waals surface area contributed by atoms with Crippen LogP contribution in [0.25, 0.3) is 6.08 Å². The Bertz CT molecular complexity index is 815. The van der Waals surface area contributed by atoms with Gasteiger partial charge in [-0.15, -0.1) is 0 Å². The number of ether oxygens (including phenoxy) is 1. The van der Waals surface area contributed by atoms with Gasteiger partial charge in [-0.1, -0.05) is 52.3 Å². The molecule has 1 saturated heterocycles. The van der Waals surface area contributed by atoms with E-state index in [9.17, 15) is 9.59 Å². The van der Waals surface area contributed by atoms with Crippen molar-refractivity contribution in [3.63, 3.8) is 0 Å². The van der Waals surface area contributed by atoms with Gasteiger partial charge in [0.2, 0.25) is 0 Å². The Morgan fingerprint density at radius 3 is 2.46 bits per heavy atom. The van der Waals surface area contributed by atoms with E-state index < -0.39 is 0 Å². The molecule has 0 spiro atoms. The topological polar surface area (TPSA) is 58.6 Å². The molecule has 1 aliphatic heterocycles. The molecule has 2 aromatic carbocycles. The monoisotopic (exact) mass is 414 g/mol. The summed E-state index contributed by atoms with van der Waals surface area (Å²) in [6, 6.07) is 16.5. The summed E-state index contributed by atoms with van der Waals surface area (Å²) in [6.45, 7) is 2.03. The van der Waals surface area contributed by atoms with E-state index in [4.69, 9.17) is 4.74 Å². The Morgan fingerprint density at radius 2 is 1.77 bits per heavy atom. The number of morpholine rings is 1. The molecule has 134 valence electrons. The number of rotatable bonds is 4. The summed E-state index contributed by atoms with van der Waals surface area (Å²) in [4.78, 5) is 27.2. The second-order valence-corrected chi connectivity index (χ2v) is 6.75. The maximum atomic E-state index is 12.9. The predicted octanol–water partition coefficient (Wildman–Crippen LogP) is 3.08. The van der Waals surface area contributed by atoms with Crippen LogP contribution in [0.3, 0.4) is 0 Å². The van der Waals surface area contributed by atoms with Gasteiger partial charge < -0.3 is 15.0 Å². The summed E-state index contributed by atoms with van der Waals surface area (Å²) in [5, 5.41) is 2.78. The molecule has 3 rings (SSSR count). The van der Waals surface area contributed by atoms with Gasteiger partial charge in [-0.2, -0.15) is 0 Å². The molecule has 0 aliphatic carbocycles. The van der Waals surface area contributed by atoms with Crippen LogP contribution in [0.4, 0.5) is 0 Å². The zero-order chi connectivity index (χ0) is 18.4. The highest BCUT2D eigenvalue weighted by molar-refractivity contribution is 9.10. The number of halogens is 1. The highest BCUT2D eigenvalue weighted by atomic mass is 79.9. The van der Waals surface area contributed by atoms with Crippen LogP contribution < -0.4 is 5.32 Å². The fourth-order valence-electron chi connectivity index (χ4n) is 2.63. The Kier molecular flexibility index (Phi) is 6.20. The third-order valence-electron chi connectivity index (χ3n) is 3.97. The summed E-state index contributed by atoms with van der Waals surface area (Å²) in [5.74, 6) is -0.532. The number of amides is 2. The van der Waals surface area contributed by atoms with Gasteiger partial charge in [-0.25, -0.2) is 0 Å². The van der Waals surface area contributed by atoms with E-state index in [0.29, 0.717) is 31.9 Å². The third kappa shape index (κ3) is 4.80. The average molecular weight is 415 g/mol. The van der Waals surface area contributed by atoms with Crippen molar-refractivity contribution < 1.29 is 14.3 Å². The number of carbonyl (C=O) groups is 2. The van der Waals surface area contributed by atoms with Crippen LogP contribution in [0.1, 0.15) is 15.9 Å². The summed E-state index contributed by atoms with van der Waals surface area (Å²) < 4.78 is 6.11. The number of benzene rings is 2. The molecule has 2 aromatic rings. The largest absolute Gasteiger partial charge is 0.378 e. The van der Waals surface area contributed by atoms with Crippen molar-refractivity contribution in [2.45, 2.75) is 0 Å². The lowest BCUT2D eigenvalue weighted by Gasteiger charge is -2.27. The zero-order valence-electron chi connectivity index (χ0n) is 14.2. The van der Waals surface area contributed by atoms with Gasteiger partial charge in [0.1, 0.15) is 5.70 Å². The van der Waals surface area contributed by atoms with Gasteiger partial charge in [0.15, 0.2) is 0 Å². The average Bonchev–Trinajstić information content (AvgIpc) is 2.68. The molecule has 1 heterocycles. The fraction of sp³-hybridized carbons (Fsp3) is 0.200. The van der Waals surface area contributed by atoms with E-state index in [1.165, 1.54) is 0 Å². The second-order valence-electron chi connectivity index (χ2n) is 5.84. The van der Waals surface area contributed by atoms with Crippen molar-refractivity contribution in [1.29, 1.82) is 0 Å². The van der Waals surface area contributed by atoms with E-state index in [1.54, 1.807) is 29.2 Å². The van der Waals surface area contributed by atoms with Crippen LogP contribution in [0.15, 0.2) is 64.8 Å². The molecular weight excluding hydrogens is 396 g/mol. The first-order chi connectivity index (χ1) is 12.6. The normalized spacial score (nSPS) is 14.8. The minimum absolute atomic E-state index is 0.208. The van der Waals surface area contributed by atoms with Crippen molar-refractivity contribution in [2.24, 2.45) is 0 Å². The number of nitrogens with one attached hydrogen (secondary N) is 1. The molecule has 26 heavy (non-hydrogen) atoms. The standard InChI is InChI=1S/C20H19BrN2O3/c21-17-8-4-7-16(14-17)19(24)22-18(13-15-5-2-1-3-6-15)20(25)23-9-11-26-12-10-23/h1-8,13-14H,9-12H2,(H,22,24)/b18-13+. The lowest BCUT2D eigenvalue weighted by Crippen LogP contribution is -2.44. The predicted molar refractivity (Wildman–Crippen MR) is 103 cm³/mol. The van der Waals surface area contributed by atoms with Crippen LogP contribution in [0.2, 0.25) is 0 Å². The Hall–Kier alpha value is -2.44. The molecule has 5 nitrogen and oxygen atoms in total. The smallest absolute Gasteiger partial charge is 0.270 e. The van der Waals surface area contributed by atoms with E-state index in [2.05, 4.69) is 21.2 Å². The molecule has 0 aromatic heterocycles. The third-order valence-corrected chi connectivity index (χ3v) is 4.47. The van der Waals surface area contributed by atoms with Gasteiger partial charge in [0.25, 0.3) is 11.8 Å². The molecule has 0 saturated carbocycles. The first-order valence-corrected chi connectivity index (χ1v) is 9.13. The van der Waals surface area contributed by atoms with Crippen LogP contribution in [-0.4, -0.2) is 43.0 Å². The molecule has 1 aliphatic rings. The van der Waals surface area contributed by atoms with Crippen LogP contribution in [0.5, 0.6) is 0 Å². The number of hydrogen-bond donors (Lipinski definition) is 1. The van der Waals surface area contributed by atoms with Crippen molar-refractivity contribution in [2.75, 3.05) is 26.3 Å². The van der Waals surface area contributed by atoms with Gasteiger partial charge in [-0.05, 0) is 29.8 Å². The van der Waals surface area contributed by atoms with Crippen molar-refractivity contribution in [1.82, 2.24) is 10.2 Å². The number of hydrogen-bond acceptors (Lipinski definition) is 3. The molecule has 0 radical (unpaired) electrons. The Labute approximate surface area is 160 Å². The maximum Gasteiger partial charge on any atom is 0.270 e. The van der Waals surface area contributed by atoms with Gasteiger partial charge >= 0.3 is 0 Å². The molecule has 1 N–H and O–H groups in total. The molecule has 2 amide bonds.